The molecule has 0 unspecified atom stereocenters. The lowest BCUT2D eigenvalue weighted by molar-refractivity contribution is -0.140. The number of methoxy groups -OCH3 is 1. The number of aryl methyl sites for hydroxylation is 1. The van der Waals surface area contributed by atoms with Crippen molar-refractivity contribution in [2.45, 2.75) is 13.3 Å². The van der Waals surface area contributed by atoms with Gasteiger partial charge >= 0.3 is 5.97 Å². The summed E-state index contributed by atoms with van der Waals surface area (Å²) in [6, 6.07) is 12.4. The minimum Gasteiger partial charge on any atom is -0.469 e. The second-order valence-corrected chi connectivity index (χ2v) is 4.23. The van der Waals surface area contributed by atoms with E-state index in [2.05, 4.69) is 41.2 Å². The summed E-state index contributed by atoms with van der Waals surface area (Å²) in [7, 11) is 1.41. The molecule has 0 radical (unpaired) electrons. The van der Waals surface area contributed by atoms with Gasteiger partial charge in [-0.05, 0) is 17.9 Å². The standard InChI is InChI=1S/C15H17NO2/c1-11-7-8-12-5-3-4-6-13(12)15(11)16-10-9-14(17)18-2/h3-8,16H,9-10H2,1-2H3. The van der Waals surface area contributed by atoms with E-state index in [1.54, 1.807) is 0 Å². The van der Waals surface area contributed by atoms with Crippen molar-refractivity contribution in [2.75, 3.05) is 19.0 Å². The van der Waals surface area contributed by atoms with Crippen LogP contribution < -0.4 is 5.32 Å². The number of hydrogen-bond donors (Lipinski definition) is 1. The topological polar surface area (TPSA) is 38.3 Å². The van der Waals surface area contributed by atoms with Crippen molar-refractivity contribution in [3.8, 4) is 0 Å². The first kappa shape index (κ1) is 12.4. The van der Waals surface area contributed by atoms with Crippen molar-refractivity contribution >= 4 is 22.4 Å². The summed E-state index contributed by atoms with van der Waals surface area (Å²) in [6.45, 7) is 2.65. The minimum absolute atomic E-state index is 0.194. The molecule has 0 atom stereocenters. The lowest BCUT2D eigenvalue weighted by Gasteiger charge is -2.12. The van der Waals surface area contributed by atoms with Gasteiger partial charge in [0.25, 0.3) is 0 Å². The number of anilines is 1. The molecule has 2 aromatic rings. The van der Waals surface area contributed by atoms with Crippen LogP contribution in [0.1, 0.15) is 12.0 Å². The van der Waals surface area contributed by atoms with Crippen LogP contribution >= 0.6 is 0 Å². The number of fused-ring (bicyclic) bond motifs is 1. The number of rotatable bonds is 4. The Morgan fingerprint density at radius 1 is 1.22 bits per heavy atom. The van der Waals surface area contributed by atoms with Crippen molar-refractivity contribution < 1.29 is 9.53 Å². The molecule has 0 bridgehead atoms. The van der Waals surface area contributed by atoms with E-state index in [1.165, 1.54) is 23.4 Å². The molecule has 2 aromatic carbocycles. The van der Waals surface area contributed by atoms with Crippen LogP contribution in [0.15, 0.2) is 36.4 Å². The van der Waals surface area contributed by atoms with E-state index in [-0.39, 0.29) is 5.97 Å². The zero-order valence-corrected chi connectivity index (χ0v) is 10.7. The quantitative estimate of drug-likeness (QED) is 0.838. The van der Waals surface area contributed by atoms with Crippen molar-refractivity contribution in [1.29, 1.82) is 0 Å². The van der Waals surface area contributed by atoms with Crippen LogP contribution in [0.4, 0.5) is 5.69 Å². The predicted octanol–water partition coefficient (Wildman–Crippen LogP) is 3.12. The highest BCUT2D eigenvalue weighted by Crippen LogP contribution is 2.26. The Kier molecular flexibility index (Phi) is 3.82. The fraction of sp³-hybridized carbons (Fsp3) is 0.267. The molecule has 2 rings (SSSR count). The lowest BCUT2D eigenvalue weighted by Crippen LogP contribution is -2.10. The van der Waals surface area contributed by atoms with Gasteiger partial charge in [0.05, 0.1) is 13.5 Å². The van der Waals surface area contributed by atoms with E-state index < -0.39 is 0 Å². The molecule has 94 valence electrons. The Labute approximate surface area is 107 Å². The monoisotopic (exact) mass is 243 g/mol. The van der Waals surface area contributed by atoms with Gasteiger partial charge in [-0.25, -0.2) is 0 Å². The molecule has 0 heterocycles. The molecule has 3 heteroatoms. The summed E-state index contributed by atoms with van der Waals surface area (Å²) >= 11 is 0. The SMILES string of the molecule is COC(=O)CCNc1c(C)ccc2ccccc12. The zero-order chi connectivity index (χ0) is 13.0. The second-order valence-electron chi connectivity index (χ2n) is 4.23. The highest BCUT2D eigenvalue weighted by molar-refractivity contribution is 5.95. The normalized spacial score (nSPS) is 10.3. The van der Waals surface area contributed by atoms with Gasteiger partial charge < -0.3 is 10.1 Å². The molecule has 18 heavy (non-hydrogen) atoms. The molecule has 3 nitrogen and oxygen atoms in total. The third kappa shape index (κ3) is 2.62. The van der Waals surface area contributed by atoms with E-state index in [0.717, 1.165) is 5.69 Å². The summed E-state index contributed by atoms with van der Waals surface area (Å²) in [6.07, 6.45) is 0.374. The number of carbonyl (C=O) groups excluding carboxylic acids is 1. The van der Waals surface area contributed by atoms with E-state index in [9.17, 15) is 4.79 Å². The van der Waals surface area contributed by atoms with Crippen LogP contribution in [0.2, 0.25) is 0 Å². The molecule has 0 aliphatic carbocycles. The number of ether oxygens (including phenoxy) is 1. The zero-order valence-electron chi connectivity index (χ0n) is 10.7. The van der Waals surface area contributed by atoms with Gasteiger partial charge in [-0.2, -0.15) is 0 Å². The summed E-state index contributed by atoms with van der Waals surface area (Å²) in [5, 5.41) is 5.70. The number of benzene rings is 2. The van der Waals surface area contributed by atoms with Gasteiger partial charge in [-0.3, -0.25) is 4.79 Å². The molecule has 0 aliphatic heterocycles. The number of hydrogen-bond acceptors (Lipinski definition) is 3. The van der Waals surface area contributed by atoms with Gasteiger partial charge in [0, 0.05) is 17.6 Å². The van der Waals surface area contributed by atoms with Crippen LogP contribution in [0.25, 0.3) is 10.8 Å². The van der Waals surface area contributed by atoms with Crippen LogP contribution in [-0.4, -0.2) is 19.6 Å². The summed E-state index contributed by atoms with van der Waals surface area (Å²) < 4.78 is 4.63. The average molecular weight is 243 g/mol. The lowest BCUT2D eigenvalue weighted by atomic mass is 10.0. The number of nitrogens with one attached hydrogen (secondary N) is 1. The first-order chi connectivity index (χ1) is 8.72. The Hall–Kier alpha value is -2.03. The highest BCUT2D eigenvalue weighted by atomic mass is 16.5. The van der Waals surface area contributed by atoms with Crippen LogP contribution in [0.3, 0.4) is 0 Å². The maximum absolute atomic E-state index is 11.1. The number of carbonyl (C=O) groups is 1. The molecule has 0 aromatic heterocycles. The van der Waals surface area contributed by atoms with E-state index in [4.69, 9.17) is 0 Å². The molecule has 0 spiro atoms. The molecule has 0 amide bonds. The van der Waals surface area contributed by atoms with Crippen molar-refractivity contribution in [1.82, 2.24) is 0 Å². The van der Waals surface area contributed by atoms with Gasteiger partial charge in [-0.1, -0.05) is 36.4 Å². The molecule has 0 saturated heterocycles. The Morgan fingerprint density at radius 2 is 2.00 bits per heavy atom. The molecule has 0 aliphatic rings. The molecule has 1 N–H and O–H groups in total. The molecule has 0 saturated carbocycles. The fourth-order valence-electron chi connectivity index (χ4n) is 2.01. The van der Waals surface area contributed by atoms with Gasteiger partial charge in [0.2, 0.25) is 0 Å². The Balaban J connectivity index is 2.21. The summed E-state index contributed by atoms with van der Waals surface area (Å²) in [5.41, 5.74) is 2.27. The Bertz CT molecular complexity index is 563. The highest BCUT2D eigenvalue weighted by Gasteiger charge is 2.05. The summed E-state index contributed by atoms with van der Waals surface area (Å²) in [4.78, 5) is 11.1. The second kappa shape index (κ2) is 5.54. The first-order valence-electron chi connectivity index (χ1n) is 6.01. The van der Waals surface area contributed by atoms with Crippen molar-refractivity contribution in [2.24, 2.45) is 0 Å². The maximum Gasteiger partial charge on any atom is 0.307 e. The minimum atomic E-state index is -0.194. The molecule has 0 fully saturated rings. The van der Waals surface area contributed by atoms with E-state index >= 15 is 0 Å². The smallest absolute Gasteiger partial charge is 0.307 e. The maximum atomic E-state index is 11.1. The van der Waals surface area contributed by atoms with E-state index in [0.29, 0.717) is 13.0 Å². The summed E-state index contributed by atoms with van der Waals surface area (Å²) in [5.74, 6) is -0.194. The largest absolute Gasteiger partial charge is 0.469 e. The van der Waals surface area contributed by atoms with E-state index in [1.807, 2.05) is 12.1 Å². The molecular weight excluding hydrogens is 226 g/mol. The number of esters is 1. The predicted molar refractivity (Wildman–Crippen MR) is 73.8 cm³/mol. The van der Waals surface area contributed by atoms with Gasteiger partial charge in [0.15, 0.2) is 0 Å². The van der Waals surface area contributed by atoms with Crippen LogP contribution in [-0.2, 0) is 9.53 Å². The van der Waals surface area contributed by atoms with Gasteiger partial charge in [-0.15, -0.1) is 0 Å². The average Bonchev–Trinajstić information content (AvgIpc) is 2.41. The van der Waals surface area contributed by atoms with Crippen molar-refractivity contribution in [3.63, 3.8) is 0 Å². The molecular formula is C15H17NO2. The third-order valence-corrected chi connectivity index (χ3v) is 3.00. The Morgan fingerprint density at radius 3 is 2.78 bits per heavy atom. The fourth-order valence-corrected chi connectivity index (χ4v) is 2.01. The third-order valence-electron chi connectivity index (χ3n) is 3.00. The van der Waals surface area contributed by atoms with Gasteiger partial charge in [0.1, 0.15) is 0 Å². The van der Waals surface area contributed by atoms with Crippen LogP contribution in [0, 0.1) is 6.92 Å². The van der Waals surface area contributed by atoms with Crippen LogP contribution in [0.5, 0.6) is 0 Å². The first-order valence-corrected chi connectivity index (χ1v) is 6.01. The van der Waals surface area contributed by atoms with Crippen molar-refractivity contribution in [3.05, 3.63) is 42.0 Å².